The van der Waals surface area contributed by atoms with Crippen molar-refractivity contribution in [1.82, 2.24) is 10.2 Å². The van der Waals surface area contributed by atoms with E-state index in [1.54, 1.807) is 12.1 Å². The summed E-state index contributed by atoms with van der Waals surface area (Å²) in [6.07, 6.45) is -5.20. The highest BCUT2D eigenvalue weighted by molar-refractivity contribution is 5.85. The normalized spacial score (nSPS) is 18.3. The van der Waals surface area contributed by atoms with Crippen LogP contribution in [0.15, 0.2) is 54.6 Å². The molecule has 0 spiro atoms. The summed E-state index contributed by atoms with van der Waals surface area (Å²) in [6.45, 7) is 1.14. The lowest BCUT2D eigenvalue weighted by Crippen LogP contribution is -2.49. The van der Waals surface area contributed by atoms with Crippen molar-refractivity contribution >= 4 is 18.3 Å². The third kappa shape index (κ3) is 5.23. The maximum atomic E-state index is 13.6. The zero-order valence-electron chi connectivity index (χ0n) is 15.0. The fourth-order valence-electron chi connectivity index (χ4n) is 3.41. The molecule has 2 aromatic carbocycles. The number of hydrogen-bond donors (Lipinski definition) is 1. The third-order valence-corrected chi connectivity index (χ3v) is 4.77. The summed E-state index contributed by atoms with van der Waals surface area (Å²) in [5, 5.41) is 3.11. The van der Waals surface area contributed by atoms with Gasteiger partial charge in [-0.2, -0.15) is 13.2 Å². The highest BCUT2D eigenvalue weighted by atomic mass is 35.5. The van der Waals surface area contributed by atoms with Crippen molar-refractivity contribution < 1.29 is 22.4 Å². The minimum Gasteiger partial charge on any atom is -0.333 e. The van der Waals surface area contributed by atoms with E-state index in [9.17, 15) is 22.4 Å². The van der Waals surface area contributed by atoms with Crippen LogP contribution in [0.4, 0.5) is 17.6 Å². The molecule has 2 unspecified atom stereocenters. The number of piperazine rings is 1. The molecule has 0 bridgehead atoms. The molecule has 1 amide bonds. The van der Waals surface area contributed by atoms with Crippen LogP contribution in [0.25, 0.3) is 0 Å². The minimum absolute atomic E-state index is 0. The van der Waals surface area contributed by atoms with Crippen molar-refractivity contribution in [3.63, 3.8) is 0 Å². The van der Waals surface area contributed by atoms with Crippen molar-refractivity contribution in [2.24, 2.45) is 0 Å². The van der Waals surface area contributed by atoms with Crippen LogP contribution >= 0.6 is 12.4 Å². The van der Waals surface area contributed by atoms with E-state index in [0.29, 0.717) is 18.7 Å². The van der Waals surface area contributed by atoms with Crippen molar-refractivity contribution in [3.05, 3.63) is 71.5 Å². The van der Waals surface area contributed by atoms with Gasteiger partial charge in [0, 0.05) is 26.1 Å². The summed E-state index contributed by atoms with van der Waals surface area (Å²) < 4.78 is 54.3. The molecule has 1 heterocycles. The molecule has 1 fully saturated rings. The number of nitrogens with zero attached hydrogens (tertiary/aromatic N) is 1. The fraction of sp³-hybridized carbons (Fsp3) is 0.350. The molecular formula is C20H21ClF4N2O. The number of carbonyl (C=O) groups excluding carboxylic acids is 1. The second-order valence-electron chi connectivity index (χ2n) is 6.57. The third-order valence-electron chi connectivity index (χ3n) is 4.77. The van der Waals surface area contributed by atoms with Gasteiger partial charge >= 0.3 is 6.18 Å². The zero-order chi connectivity index (χ0) is 19.4. The molecule has 28 heavy (non-hydrogen) atoms. The lowest BCUT2D eigenvalue weighted by molar-refractivity contribution is -0.162. The molecule has 152 valence electrons. The predicted octanol–water partition coefficient (Wildman–Crippen LogP) is 4.46. The lowest BCUT2D eigenvalue weighted by Gasteiger charge is -2.37. The van der Waals surface area contributed by atoms with E-state index < -0.39 is 36.3 Å². The average Bonchev–Trinajstić information content (AvgIpc) is 2.65. The molecule has 8 heteroatoms. The Bertz CT molecular complexity index is 785. The van der Waals surface area contributed by atoms with Crippen LogP contribution in [0.3, 0.4) is 0 Å². The first kappa shape index (κ1) is 22.2. The van der Waals surface area contributed by atoms with E-state index in [1.807, 2.05) is 0 Å². The van der Waals surface area contributed by atoms with Gasteiger partial charge in [-0.25, -0.2) is 4.39 Å². The highest BCUT2D eigenvalue weighted by Gasteiger charge is 2.43. The highest BCUT2D eigenvalue weighted by Crippen LogP contribution is 2.38. The number of amides is 1. The number of rotatable bonds is 4. The van der Waals surface area contributed by atoms with Gasteiger partial charge in [0.1, 0.15) is 5.82 Å². The number of carbonyl (C=O) groups is 1. The van der Waals surface area contributed by atoms with E-state index in [0.717, 1.165) is 0 Å². The van der Waals surface area contributed by atoms with E-state index in [-0.39, 0.29) is 24.5 Å². The van der Waals surface area contributed by atoms with Gasteiger partial charge < -0.3 is 10.2 Å². The Morgan fingerprint density at radius 2 is 1.86 bits per heavy atom. The van der Waals surface area contributed by atoms with Gasteiger partial charge in [0.25, 0.3) is 0 Å². The molecule has 0 radical (unpaired) electrons. The zero-order valence-corrected chi connectivity index (χ0v) is 15.8. The smallest absolute Gasteiger partial charge is 0.333 e. The first-order chi connectivity index (χ1) is 12.9. The van der Waals surface area contributed by atoms with E-state index in [2.05, 4.69) is 5.32 Å². The number of hydrogen-bond acceptors (Lipinski definition) is 2. The van der Waals surface area contributed by atoms with E-state index in [1.165, 1.54) is 47.4 Å². The van der Waals surface area contributed by atoms with Crippen LogP contribution in [-0.4, -0.2) is 36.6 Å². The summed E-state index contributed by atoms with van der Waals surface area (Å²) in [5.74, 6) is -2.89. The van der Waals surface area contributed by atoms with Crippen molar-refractivity contribution in [1.29, 1.82) is 0 Å². The molecule has 2 aromatic rings. The fourth-order valence-corrected chi connectivity index (χ4v) is 3.41. The first-order valence-electron chi connectivity index (χ1n) is 8.73. The molecule has 3 rings (SSSR count). The minimum atomic E-state index is -4.53. The van der Waals surface area contributed by atoms with Gasteiger partial charge in [-0.1, -0.05) is 42.5 Å². The predicted molar refractivity (Wildman–Crippen MR) is 101 cm³/mol. The van der Waals surface area contributed by atoms with Crippen LogP contribution in [0, 0.1) is 5.82 Å². The van der Waals surface area contributed by atoms with Crippen LogP contribution in [0.2, 0.25) is 0 Å². The average molecular weight is 417 g/mol. The van der Waals surface area contributed by atoms with Gasteiger partial charge in [-0.15, -0.1) is 12.4 Å². The largest absolute Gasteiger partial charge is 0.396 e. The first-order valence-corrected chi connectivity index (χ1v) is 8.73. The second kappa shape index (κ2) is 9.39. The number of halogens is 5. The molecule has 1 N–H and O–H groups in total. The molecule has 0 saturated carbocycles. The number of benzene rings is 2. The molecule has 2 atom stereocenters. The molecular weight excluding hydrogens is 396 g/mol. The lowest BCUT2D eigenvalue weighted by atomic mass is 9.93. The maximum Gasteiger partial charge on any atom is 0.396 e. The Morgan fingerprint density at radius 1 is 1.14 bits per heavy atom. The molecule has 0 aliphatic carbocycles. The topological polar surface area (TPSA) is 32.3 Å². The summed E-state index contributed by atoms with van der Waals surface area (Å²) in [6, 6.07) is 12.8. The van der Waals surface area contributed by atoms with Gasteiger partial charge in [0.15, 0.2) is 0 Å². The SMILES string of the molecule is Cl.O=C(CC(c1ccccc1)C(F)(F)F)N1CCNCC1c1cccc(F)c1. The van der Waals surface area contributed by atoms with Gasteiger partial charge in [0.2, 0.25) is 5.91 Å². The molecule has 0 aromatic heterocycles. The van der Waals surface area contributed by atoms with Gasteiger partial charge in [-0.05, 0) is 23.3 Å². The quantitative estimate of drug-likeness (QED) is 0.746. The Kier molecular flexibility index (Phi) is 7.43. The monoisotopic (exact) mass is 416 g/mol. The van der Waals surface area contributed by atoms with Gasteiger partial charge in [0.05, 0.1) is 12.0 Å². The van der Waals surface area contributed by atoms with Crippen LogP contribution in [-0.2, 0) is 4.79 Å². The summed E-state index contributed by atoms with van der Waals surface area (Å²) in [4.78, 5) is 14.2. The van der Waals surface area contributed by atoms with E-state index in [4.69, 9.17) is 0 Å². The maximum absolute atomic E-state index is 13.6. The van der Waals surface area contributed by atoms with Crippen LogP contribution in [0.1, 0.15) is 29.5 Å². The summed E-state index contributed by atoms with van der Waals surface area (Å²) in [5.41, 5.74) is 0.634. The molecule has 1 saturated heterocycles. The Labute approximate surface area is 167 Å². The standard InChI is InChI=1S/C20H20F4N2O.ClH/c21-16-8-4-7-15(11-16)18-13-25-9-10-26(18)19(27)12-17(20(22,23)24)14-5-2-1-3-6-14;/h1-8,11,17-18,25H,9-10,12-13H2;1H. The Morgan fingerprint density at radius 3 is 2.50 bits per heavy atom. The van der Waals surface area contributed by atoms with Crippen LogP contribution in [0.5, 0.6) is 0 Å². The van der Waals surface area contributed by atoms with Crippen molar-refractivity contribution in [2.45, 2.75) is 24.6 Å². The summed E-state index contributed by atoms with van der Waals surface area (Å²) in [7, 11) is 0. The molecule has 1 aliphatic heterocycles. The molecule has 1 aliphatic rings. The Balaban J connectivity index is 0.00000280. The number of alkyl halides is 3. The number of nitrogens with one attached hydrogen (secondary N) is 1. The Hall–Kier alpha value is -2.12. The van der Waals surface area contributed by atoms with Crippen molar-refractivity contribution in [2.75, 3.05) is 19.6 Å². The molecule has 3 nitrogen and oxygen atoms in total. The second-order valence-corrected chi connectivity index (χ2v) is 6.57. The van der Waals surface area contributed by atoms with E-state index >= 15 is 0 Å². The summed E-state index contributed by atoms with van der Waals surface area (Å²) >= 11 is 0. The van der Waals surface area contributed by atoms with Crippen molar-refractivity contribution in [3.8, 4) is 0 Å². The van der Waals surface area contributed by atoms with Crippen LogP contribution < -0.4 is 5.32 Å². The van der Waals surface area contributed by atoms with Gasteiger partial charge in [-0.3, -0.25) is 4.79 Å².